The summed E-state index contributed by atoms with van der Waals surface area (Å²) in [6, 6.07) is 3.03. The maximum absolute atomic E-state index is 12.5. The monoisotopic (exact) mass is 505 g/mol. The number of hydrogen-bond acceptors (Lipinski definition) is 6. The van der Waals surface area contributed by atoms with Crippen molar-refractivity contribution in [3.8, 4) is 0 Å². The molecule has 0 saturated heterocycles. The van der Waals surface area contributed by atoms with Gasteiger partial charge < -0.3 is 30.2 Å². The molecular formula is C22H30F3N3O7. The van der Waals surface area contributed by atoms with E-state index < -0.39 is 23.7 Å². The molecule has 4 N–H and O–H groups in total. The number of carbonyl (C=O) groups excluding carboxylic acids is 2. The van der Waals surface area contributed by atoms with Gasteiger partial charge in [0, 0.05) is 19.2 Å². The molecule has 1 rings (SSSR count). The largest absolute Gasteiger partial charge is 0.490 e. The summed E-state index contributed by atoms with van der Waals surface area (Å²) >= 11 is 0. The van der Waals surface area contributed by atoms with Gasteiger partial charge in [0.15, 0.2) is 0 Å². The van der Waals surface area contributed by atoms with Gasteiger partial charge >= 0.3 is 18.1 Å². The zero-order valence-corrected chi connectivity index (χ0v) is 19.4. The molecule has 1 aromatic heterocycles. The maximum atomic E-state index is 12.5. The Kier molecular flexibility index (Phi) is 14.4. The van der Waals surface area contributed by atoms with Crippen molar-refractivity contribution >= 4 is 29.8 Å². The summed E-state index contributed by atoms with van der Waals surface area (Å²) in [5.74, 6) is -3.83. The standard InChI is InChI=1S/C20H29N3O5.C2HF3O2/c1-3-15(4-2)13-21-18(25)14-23-11-8-10-16(19(23)26)22-17(20(27)28)9-6-5-7-12-24;3-2(4,5)1(6)7/h8-12,15,22H,3-7,13-14H2,1-2H3,(H,21,25)(H,27,28);(H,6,7). The number of carbonyl (C=O) groups is 4. The van der Waals surface area contributed by atoms with Crippen LogP contribution in [0.1, 0.15) is 46.0 Å². The molecule has 0 unspecified atom stereocenters. The van der Waals surface area contributed by atoms with Crippen LogP contribution in [0.5, 0.6) is 0 Å². The number of hydrogen-bond donors (Lipinski definition) is 4. The molecule has 10 nitrogen and oxygen atoms in total. The number of nitrogens with one attached hydrogen (secondary N) is 2. The minimum atomic E-state index is -5.08. The van der Waals surface area contributed by atoms with Crippen molar-refractivity contribution in [3.05, 3.63) is 40.5 Å². The lowest BCUT2D eigenvalue weighted by Crippen LogP contribution is -2.35. The van der Waals surface area contributed by atoms with Crippen molar-refractivity contribution in [1.82, 2.24) is 9.88 Å². The van der Waals surface area contributed by atoms with Crippen LogP contribution >= 0.6 is 0 Å². The van der Waals surface area contributed by atoms with Gasteiger partial charge in [0.25, 0.3) is 5.56 Å². The molecule has 1 amide bonds. The Morgan fingerprint density at radius 3 is 2.23 bits per heavy atom. The molecule has 0 saturated carbocycles. The fourth-order valence-electron chi connectivity index (χ4n) is 2.59. The highest BCUT2D eigenvalue weighted by Gasteiger charge is 2.38. The van der Waals surface area contributed by atoms with Crippen LogP contribution in [0, 0.1) is 5.92 Å². The predicted molar refractivity (Wildman–Crippen MR) is 121 cm³/mol. The number of carboxylic acids is 2. The molecule has 0 fully saturated rings. The molecule has 1 heterocycles. The molecule has 0 bridgehead atoms. The van der Waals surface area contributed by atoms with E-state index in [9.17, 15) is 37.5 Å². The average molecular weight is 505 g/mol. The third-order valence-corrected chi connectivity index (χ3v) is 4.69. The summed E-state index contributed by atoms with van der Waals surface area (Å²) in [5, 5.41) is 21.9. The van der Waals surface area contributed by atoms with Crippen molar-refractivity contribution in [2.45, 2.75) is 58.7 Å². The van der Waals surface area contributed by atoms with Gasteiger partial charge in [-0.15, -0.1) is 0 Å². The summed E-state index contributed by atoms with van der Waals surface area (Å²) in [5.41, 5.74) is -0.557. The fraction of sp³-hybridized carbons (Fsp3) is 0.500. The Labute approximate surface area is 199 Å². The van der Waals surface area contributed by atoms with E-state index >= 15 is 0 Å². The molecule has 1 aromatic rings. The normalized spacial score (nSPS) is 11.3. The maximum Gasteiger partial charge on any atom is 0.490 e. The van der Waals surface area contributed by atoms with Crippen LogP contribution in [0.15, 0.2) is 34.9 Å². The number of nitrogens with zero attached hydrogens (tertiary/aromatic N) is 1. The third kappa shape index (κ3) is 13.0. The first-order valence-electron chi connectivity index (χ1n) is 10.8. The minimum absolute atomic E-state index is 0.0688. The summed E-state index contributed by atoms with van der Waals surface area (Å²) in [6.07, 6.45) is 1.80. The number of carboxylic acid groups (broad SMARTS) is 2. The Balaban J connectivity index is 0.00000143. The number of rotatable bonds is 13. The number of allylic oxidation sites excluding steroid dienone is 1. The molecule has 0 spiro atoms. The quantitative estimate of drug-likeness (QED) is 0.181. The van der Waals surface area contributed by atoms with E-state index in [1.807, 2.05) is 0 Å². The Hall–Kier alpha value is -3.64. The second-order valence-corrected chi connectivity index (χ2v) is 7.29. The van der Waals surface area contributed by atoms with Crippen LogP contribution in [-0.4, -0.2) is 51.6 Å². The zero-order chi connectivity index (χ0) is 27.0. The first-order valence-corrected chi connectivity index (χ1v) is 10.8. The van der Waals surface area contributed by atoms with Crippen molar-refractivity contribution in [2.75, 3.05) is 11.9 Å². The highest BCUT2D eigenvalue weighted by atomic mass is 19.4. The Morgan fingerprint density at radius 1 is 1.14 bits per heavy atom. The van der Waals surface area contributed by atoms with Crippen molar-refractivity contribution < 1.29 is 42.6 Å². The summed E-state index contributed by atoms with van der Waals surface area (Å²) in [4.78, 5) is 55.3. The van der Waals surface area contributed by atoms with Gasteiger partial charge in [-0.05, 0) is 30.9 Å². The lowest BCUT2D eigenvalue weighted by Gasteiger charge is -2.14. The molecule has 35 heavy (non-hydrogen) atoms. The number of amides is 1. The lowest BCUT2D eigenvalue weighted by molar-refractivity contribution is -0.192. The van der Waals surface area contributed by atoms with E-state index in [0.29, 0.717) is 31.7 Å². The number of pyridine rings is 1. The van der Waals surface area contributed by atoms with E-state index in [2.05, 4.69) is 24.5 Å². The molecule has 0 aliphatic carbocycles. The number of aromatic nitrogens is 1. The molecule has 0 aliphatic rings. The molecule has 0 atom stereocenters. The van der Waals surface area contributed by atoms with E-state index in [4.69, 9.17) is 9.90 Å². The van der Waals surface area contributed by atoms with Crippen molar-refractivity contribution in [2.24, 2.45) is 5.92 Å². The lowest BCUT2D eigenvalue weighted by atomic mass is 10.0. The van der Waals surface area contributed by atoms with Crippen LogP contribution in [0.3, 0.4) is 0 Å². The van der Waals surface area contributed by atoms with Crippen LogP contribution in [0.25, 0.3) is 0 Å². The predicted octanol–water partition coefficient (Wildman–Crippen LogP) is 2.78. The number of aldehydes is 1. The van der Waals surface area contributed by atoms with Crippen LogP contribution in [0.2, 0.25) is 0 Å². The minimum Gasteiger partial charge on any atom is -0.477 e. The molecule has 0 radical (unpaired) electrons. The number of unbranched alkanes of at least 4 members (excludes halogenated alkanes) is 2. The summed E-state index contributed by atoms with van der Waals surface area (Å²) in [7, 11) is 0. The third-order valence-electron chi connectivity index (χ3n) is 4.69. The number of halogens is 3. The van der Waals surface area contributed by atoms with E-state index in [0.717, 1.165) is 19.1 Å². The first kappa shape index (κ1) is 31.4. The van der Waals surface area contributed by atoms with Gasteiger partial charge in [-0.3, -0.25) is 9.59 Å². The Bertz CT molecular complexity index is 939. The SMILES string of the molecule is CCC(CC)CNC(=O)Cn1cccc(NC(=CCCCC=O)C(=O)O)c1=O.O=C(O)C(F)(F)F. The molecular weight excluding hydrogens is 475 g/mol. The number of anilines is 1. The van der Waals surface area contributed by atoms with Gasteiger partial charge in [-0.1, -0.05) is 32.8 Å². The summed E-state index contributed by atoms with van der Waals surface area (Å²) < 4.78 is 33.0. The zero-order valence-electron chi connectivity index (χ0n) is 19.4. The van der Waals surface area contributed by atoms with Crippen molar-refractivity contribution in [3.63, 3.8) is 0 Å². The van der Waals surface area contributed by atoms with E-state index in [-0.39, 0.29) is 23.8 Å². The fourth-order valence-corrected chi connectivity index (χ4v) is 2.59. The van der Waals surface area contributed by atoms with Crippen molar-refractivity contribution in [1.29, 1.82) is 0 Å². The molecule has 196 valence electrons. The molecule has 13 heteroatoms. The topological polar surface area (TPSA) is 155 Å². The average Bonchev–Trinajstić information content (AvgIpc) is 2.78. The molecule has 0 aliphatic heterocycles. The van der Waals surface area contributed by atoms with E-state index in [1.54, 1.807) is 6.07 Å². The number of alkyl halides is 3. The molecule has 0 aromatic carbocycles. The van der Waals surface area contributed by atoms with Crippen LogP contribution in [-0.2, 0) is 25.7 Å². The van der Waals surface area contributed by atoms with Gasteiger partial charge in [-0.2, -0.15) is 13.2 Å². The highest BCUT2D eigenvalue weighted by molar-refractivity contribution is 5.90. The second kappa shape index (κ2) is 16.1. The smallest absolute Gasteiger partial charge is 0.477 e. The first-order chi connectivity index (χ1) is 16.4. The Morgan fingerprint density at radius 2 is 1.74 bits per heavy atom. The second-order valence-electron chi connectivity index (χ2n) is 7.29. The highest BCUT2D eigenvalue weighted by Crippen LogP contribution is 2.13. The summed E-state index contributed by atoms with van der Waals surface area (Å²) in [6.45, 7) is 4.55. The van der Waals surface area contributed by atoms with Gasteiger partial charge in [0.2, 0.25) is 5.91 Å². The van der Waals surface area contributed by atoms with Gasteiger partial charge in [0.1, 0.15) is 24.2 Å². The van der Waals surface area contributed by atoms with Gasteiger partial charge in [-0.25, -0.2) is 9.59 Å². The van der Waals surface area contributed by atoms with Crippen LogP contribution < -0.4 is 16.2 Å². The van der Waals surface area contributed by atoms with Gasteiger partial charge in [0.05, 0.1) is 0 Å². The number of aliphatic carboxylic acids is 2. The van der Waals surface area contributed by atoms with E-state index in [1.165, 1.54) is 22.9 Å². The van der Waals surface area contributed by atoms with Crippen LogP contribution in [0.4, 0.5) is 18.9 Å².